The summed E-state index contributed by atoms with van der Waals surface area (Å²) in [7, 11) is 1.66. The van der Waals surface area contributed by atoms with Gasteiger partial charge in [-0.15, -0.1) is 0 Å². The van der Waals surface area contributed by atoms with Crippen molar-refractivity contribution in [3.05, 3.63) is 35.4 Å². The molecule has 0 aromatic heterocycles. The minimum absolute atomic E-state index is 0.159. The Kier molecular flexibility index (Phi) is 4.31. The Morgan fingerprint density at radius 3 is 2.73 bits per heavy atom. The van der Waals surface area contributed by atoms with Crippen LogP contribution in [0.2, 0.25) is 0 Å². The zero-order valence-electron chi connectivity index (χ0n) is 9.06. The van der Waals surface area contributed by atoms with Gasteiger partial charge in [0.1, 0.15) is 0 Å². The molecule has 0 saturated carbocycles. The number of aromatic carboxylic acids is 1. The number of hydrogen-bond acceptors (Lipinski definition) is 2. The molecule has 1 rings (SSSR count). The van der Waals surface area contributed by atoms with Crippen molar-refractivity contribution in [2.24, 2.45) is 0 Å². The Labute approximate surface area is 89.7 Å². The average molecular weight is 208 g/mol. The fourth-order valence-corrected chi connectivity index (χ4v) is 1.42. The van der Waals surface area contributed by atoms with Gasteiger partial charge in [-0.1, -0.05) is 18.2 Å². The van der Waals surface area contributed by atoms with Gasteiger partial charge in [0.25, 0.3) is 0 Å². The second kappa shape index (κ2) is 5.51. The Balaban J connectivity index is 2.72. The smallest absolute Gasteiger partial charge is 0.335 e. The first-order valence-electron chi connectivity index (χ1n) is 4.99. The standard InChI is InChI=1S/C12H16O3/c1-9(15-2)7-8-10-5-3-4-6-11(10)12(13)14/h3-6,9H,7-8H2,1-2H3,(H,13,14). The molecule has 0 amide bonds. The number of hydrogen-bond donors (Lipinski definition) is 1. The van der Waals surface area contributed by atoms with Crippen molar-refractivity contribution in [2.45, 2.75) is 25.9 Å². The maximum Gasteiger partial charge on any atom is 0.335 e. The second-order valence-corrected chi connectivity index (χ2v) is 3.55. The molecule has 0 aliphatic rings. The monoisotopic (exact) mass is 208 g/mol. The molecule has 0 aliphatic carbocycles. The van der Waals surface area contributed by atoms with E-state index in [0.29, 0.717) is 5.56 Å². The van der Waals surface area contributed by atoms with Crippen LogP contribution in [-0.4, -0.2) is 24.3 Å². The highest BCUT2D eigenvalue weighted by Gasteiger charge is 2.09. The summed E-state index contributed by atoms with van der Waals surface area (Å²) in [6.45, 7) is 1.98. The van der Waals surface area contributed by atoms with Crippen LogP contribution in [0.1, 0.15) is 29.3 Å². The summed E-state index contributed by atoms with van der Waals surface area (Å²) >= 11 is 0. The molecule has 82 valence electrons. The van der Waals surface area contributed by atoms with Crippen LogP contribution in [0.4, 0.5) is 0 Å². The van der Waals surface area contributed by atoms with E-state index in [1.54, 1.807) is 19.2 Å². The van der Waals surface area contributed by atoms with E-state index in [2.05, 4.69) is 0 Å². The van der Waals surface area contributed by atoms with Gasteiger partial charge in [-0.2, -0.15) is 0 Å². The summed E-state index contributed by atoms with van der Waals surface area (Å²) < 4.78 is 5.12. The largest absolute Gasteiger partial charge is 0.478 e. The zero-order chi connectivity index (χ0) is 11.3. The molecule has 15 heavy (non-hydrogen) atoms. The molecule has 0 fully saturated rings. The van der Waals surface area contributed by atoms with Gasteiger partial charge in [0.2, 0.25) is 0 Å². The van der Waals surface area contributed by atoms with Gasteiger partial charge < -0.3 is 9.84 Å². The van der Waals surface area contributed by atoms with E-state index in [0.717, 1.165) is 18.4 Å². The van der Waals surface area contributed by atoms with E-state index in [4.69, 9.17) is 9.84 Å². The average Bonchev–Trinajstić information content (AvgIpc) is 2.26. The molecule has 1 atom stereocenters. The highest BCUT2D eigenvalue weighted by Crippen LogP contribution is 2.12. The van der Waals surface area contributed by atoms with E-state index < -0.39 is 5.97 Å². The summed E-state index contributed by atoms with van der Waals surface area (Å²) in [5.41, 5.74) is 1.26. The van der Waals surface area contributed by atoms with E-state index in [9.17, 15) is 4.79 Å². The molecular formula is C12H16O3. The lowest BCUT2D eigenvalue weighted by molar-refractivity contribution is 0.0694. The minimum Gasteiger partial charge on any atom is -0.478 e. The normalized spacial score (nSPS) is 12.4. The molecule has 0 aliphatic heterocycles. The van der Waals surface area contributed by atoms with Crippen molar-refractivity contribution in [2.75, 3.05) is 7.11 Å². The summed E-state index contributed by atoms with van der Waals surface area (Å²) in [4.78, 5) is 10.9. The molecule has 1 N–H and O–H groups in total. The zero-order valence-corrected chi connectivity index (χ0v) is 9.06. The SMILES string of the molecule is COC(C)CCc1ccccc1C(=O)O. The number of carboxylic acids is 1. The maximum atomic E-state index is 10.9. The van der Waals surface area contributed by atoms with Gasteiger partial charge in [0.15, 0.2) is 0 Å². The number of carboxylic acid groups (broad SMARTS) is 1. The lowest BCUT2D eigenvalue weighted by Crippen LogP contribution is -2.08. The van der Waals surface area contributed by atoms with Crippen LogP contribution < -0.4 is 0 Å². The van der Waals surface area contributed by atoms with Crippen molar-refractivity contribution >= 4 is 5.97 Å². The molecule has 0 heterocycles. The topological polar surface area (TPSA) is 46.5 Å². The summed E-state index contributed by atoms with van der Waals surface area (Å²) in [6.07, 6.45) is 1.73. The summed E-state index contributed by atoms with van der Waals surface area (Å²) in [5, 5.41) is 8.96. The third-order valence-corrected chi connectivity index (χ3v) is 2.47. The van der Waals surface area contributed by atoms with E-state index >= 15 is 0 Å². The number of rotatable bonds is 5. The highest BCUT2D eigenvalue weighted by atomic mass is 16.5. The van der Waals surface area contributed by atoms with Gasteiger partial charge in [-0.05, 0) is 31.4 Å². The lowest BCUT2D eigenvalue weighted by atomic mass is 10.0. The van der Waals surface area contributed by atoms with Crippen molar-refractivity contribution < 1.29 is 14.6 Å². The molecule has 1 aromatic rings. The van der Waals surface area contributed by atoms with Crippen LogP contribution in [0.25, 0.3) is 0 Å². The van der Waals surface area contributed by atoms with Gasteiger partial charge in [0, 0.05) is 7.11 Å². The van der Waals surface area contributed by atoms with E-state index in [-0.39, 0.29) is 6.10 Å². The number of benzene rings is 1. The molecule has 0 bridgehead atoms. The first-order valence-corrected chi connectivity index (χ1v) is 4.99. The molecule has 3 heteroatoms. The fourth-order valence-electron chi connectivity index (χ4n) is 1.42. The van der Waals surface area contributed by atoms with Crippen LogP contribution >= 0.6 is 0 Å². The number of aryl methyl sites for hydroxylation is 1. The Morgan fingerprint density at radius 1 is 1.47 bits per heavy atom. The minimum atomic E-state index is -0.865. The molecule has 3 nitrogen and oxygen atoms in total. The Morgan fingerprint density at radius 2 is 2.13 bits per heavy atom. The second-order valence-electron chi connectivity index (χ2n) is 3.55. The highest BCUT2D eigenvalue weighted by molar-refractivity contribution is 5.89. The molecule has 0 saturated heterocycles. The Hall–Kier alpha value is -1.35. The van der Waals surface area contributed by atoms with Crippen molar-refractivity contribution in [1.82, 2.24) is 0 Å². The number of methoxy groups -OCH3 is 1. The predicted octanol–water partition coefficient (Wildman–Crippen LogP) is 2.35. The summed E-state index contributed by atoms with van der Waals surface area (Å²) in [5.74, 6) is -0.865. The van der Waals surface area contributed by atoms with Crippen LogP contribution in [-0.2, 0) is 11.2 Å². The van der Waals surface area contributed by atoms with Gasteiger partial charge in [-0.3, -0.25) is 0 Å². The van der Waals surface area contributed by atoms with Crippen LogP contribution in [0.15, 0.2) is 24.3 Å². The van der Waals surface area contributed by atoms with Crippen molar-refractivity contribution in [3.63, 3.8) is 0 Å². The quantitative estimate of drug-likeness (QED) is 0.808. The molecule has 1 aromatic carbocycles. The number of carbonyl (C=O) groups is 1. The van der Waals surface area contributed by atoms with Crippen molar-refractivity contribution in [3.8, 4) is 0 Å². The van der Waals surface area contributed by atoms with Crippen LogP contribution in [0, 0.1) is 0 Å². The molecule has 0 radical (unpaired) electrons. The lowest BCUT2D eigenvalue weighted by Gasteiger charge is -2.10. The first-order chi connectivity index (χ1) is 7.15. The number of ether oxygens (including phenoxy) is 1. The Bertz CT molecular complexity index is 333. The molecule has 0 spiro atoms. The first kappa shape index (κ1) is 11.7. The molecule has 1 unspecified atom stereocenters. The third-order valence-electron chi connectivity index (χ3n) is 2.47. The third kappa shape index (κ3) is 3.36. The predicted molar refractivity (Wildman–Crippen MR) is 58.2 cm³/mol. The van der Waals surface area contributed by atoms with Gasteiger partial charge >= 0.3 is 5.97 Å². The fraction of sp³-hybridized carbons (Fsp3) is 0.417. The maximum absolute atomic E-state index is 10.9. The van der Waals surface area contributed by atoms with Crippen LogP contribution in [0.3, 0.4) is 0 Å². The van der Waals surface area contributed by atoms with E-state index in [1.165, 1.54) is 0 Å². The van der Waals surface area contributed by atoms with Gasteiger partial charge in [-0.25, -0.2) is 4.79 Å². The van der Waals surface area contributed by atoms with Crippen LogP contribution in [0.5, 0.6) is 0 Å². The van der Waals surface area contributed by atoms with Crippen molar-refractivity contribution in [1.29, 1.82) is 0 Å². The molecular weight excluding hydrogens is 192 g/mol. The van der Waals surface area contributed by atoms with E-state index in [1.807, 2.05) is 19.1 Å². The van der Waals surface area contributed by atoms with Gasteiger partial charge in [0.05, 0.1) is 11.7 Å². The summed E-state index contributed by atoms with van der Waals surface area (Å²) in [6, 6.07) is 7.09.